The monoisotopic (exact) mass is 277 g/mol. The maximum Gasteiger partial charge on any atom is 0.187 e. The van der Waals surface area contributed by atoms with Crippen molar-refractivity contribution < 1.29 is 4.79 Å². The average molecular weight is 277 g/mol. The largest absolute Gasteiger partial charge is 0.292 e. The molecule has 0 atom stereocenters. The number of aromatic nitrogens is 3. The Bertz CT molecular complexity index is 762. The second-order valence-electron chi connectivity index (χ2n) is 4.96. The summed E-state index contributed by atoms with van der Waals surface area (Å²) in [5.74, 6) is 0.00875. The fraction of sp³-hybridized carbons (Fsp3) is 0.118. The SMILES string of the molecule is Cc1cccc(CC(=O)c2cnnn2-c2ccccc2)c1. The van der Waals surface area contributed by atoms with E-state index in [-0.39, 0.29) is 5.78 Å². The highest BCUT2D eigenvalue weighted by atomic mass is 16.1. The number of Topliss-reactive ketones (excluding diaryl/α,β-unsaturated/α-hetero) is 1. The van der Waals surface area contributed by atoms with Crippen LogP contribution in [0.15, 0.2) is 60.8 Å². The van der Waals surface area contributed by atoms with E-state index < -0.39 is 0 Å². The zero-order chi connectivity index (χ0) is 14.7. The highest BCUT2D eigenvalue weighted by molar-refractivity contribution is 5.96. The van der Waals surface area contributed by atoms with Crippen LogP contribution in [0.3, 0.4) is 0 Å². The third-order valence-electron chi connectivity index (χ3n) is 3.28. The number of rotatable bonds is 4. The molecule has 21 heavy (non-hydrogen) atoms. The van der Waals surface area contributed by atoms with Gasteiger partial charge < -0.3 is 0 Å². The van der Waals surface area contributed by atoms with Crippen LogP contribution in [-0.2, 0) is 6.42 Å². The second-order valence-corrected chi connectivity index (χ2v) is 4.96. The molecule has 1 aromatic heterocycles. The van der Waals surface area contributed by atoms with Crippen LogP contribution >= 0.6 is 0 Å². The highest BCUT2D eigenvalue weighted by Gasteiger charge is 2.15. The molecule has 4 nitrogen and oxygen atoms in total. The Labute approximate surface area is 123 Å². The third-order valence-corrected chi connectivity index (χ3v) is 3.28. The summed E-state index contributed by atoms with van der Waals surface area (Å²) in [5, 5.41) is 7.88. The molecule has 4 heteroatoms. The average Bonchev–Trinajstić information content (AvgIpc) is 2.98. The summed E-state index contributed by atoms with van der Waals surface area (Å²) in [6, 6.07) is 17.5. The van der Waals surface area contributed by atoms with Gasteiger partial charge in [-0.05, 0) is 24.6 Å². The smallest absolute Gasteiger partial charge is 0.187 e. The van der Waals surface area contributed by atoms with E-state index in [1.807, 2.05) is 61.5 Å². The molecule has 0 bridgehead atoms. The second kappa shape index (κ2) is 5.71. The first-order chi connectivity index (χ1) is 10.2. The lowest BCUT2D eigenvalue weighted by atomic mass is 10.1. The molecule has 0 saturated carbocycles. The van der Waals surface area contributed by atoms with Crippen LogP contribution in [0, 0.1) is 6.92 Å². The molecule has 104 valence electrons. The van der Waals surface area contributed by atoms with Crippen LogP contribution in [-0.4, -0.2) is 20.8 Å². The zero-order valence-corrected chi connectivity index (χ0v) is 11.7. The molecule has 0 N–H and O–H groups in total. The Morgan fingerprint density at radius 3 is 2.67 bits per heavy atom. The van der Waals surface area contributed by atoms with Crippen LogP contribution in [0.4, 0.5) is 0 Å². The number of nitrogens with zero attached hydrogens (tertiary/aromatic N) is 3. The molecule has 3 rings (SSSR count). The normalized spacial score (nSPS) is 10.5. The van der Waals surface area contributed by atoms with Gasteiger partial charge in [-0.2, -0.15) is 0 Å². The molecule has 3 aromatic rings. The first-order valence-corrected chi connectivity index (χ1v) is 6.79. The summed E-state index contributed by atoms with van der Waals surface area (Å²) < 4.78 is 1.58. The predicted molar refractivity (Wildman–Crippen MR) is 80.6 cm³/mol. The maximum atomic E-state index is 12.5. The minimum Gasteiger partial charge on any atom is -0.292 e. The summed E-state index contributed by atoms with van der Waals surface area (Å²) in [6.45, 7) is 2.02. The van der Waals surface area contributed by atoms with E-state index in [4.69, 9.17) is 0 Å². The Balaban J connectivity index is 1.88. The van der Waals surface area contributed by atoms with Gasteiger partial charge in [0.25, 0.3) is 0 Å². The molecule has 2 aromatic carbocycles. The number of para-hydroxylation sites is 1. The van der Waals surface area contributed by atoms with E-state index in [0.717, 1.165) is 16.8 Å². The number of carbonyl (C=O) groups is 1. The Kier molecular flexibility index (Phi) is 3.60. The van der Waals surface area contributed by atoms with Crippen molar-refractivity contribution >= 4 is 5.78 Å². The maximum absolute atomic E-state index is 12.5. The van der Waals surface area contributed by atoms with Gasteiger partial charge in [0, 0.05) is 6.42 Å². The molecule has 0 aliphatic heterocycles. The van der Waals surface area contributed by atoms with Crippen molar-refractivity contribution in [3.63, 3.8) is 0 Å². The van der Waals surface area contributed by atoms with Crippen molar-refractivity contribution in [2.75, 3.05) is 0 Å². The van der Waals surface area contributed by atoms with Gasteiger partial charge in [-0.3, -0.25) is 4.79 Å². The topological polar surface area (TPSA) is 47.8 Å². The molecular weight excluding hydrogens is 262 g/mol. The summed E-state index contributed by atoms with van der Waals surface area (Å²) >= 11 is 0. The minimum absolute atomic E-state index is 0.00875. The zero-order valence-electron chi connectivity index (χ0n) is 11.7. The molecule has 0 radical (unpaired) electrons. The number of hydrogen-bond acceptors (Lipinski definition) is 3. The van der Waals surface area contributed by atoms with Gasteiger partial charge in [0.1, 0.15) is 5.69 Å². The fourth-order valence-corrected chi connectivity index (χ4v) is 2.28. The number of aryl methyl sites for hydroxylation is 1. The Hall–Kier alpha value is -2.75. The molecular formula is C17H15N3O. The van der Waals surface area contributed by atoms with E-state index in [1.54, 1.807) is 4.68 Å². The van der Waals surface area contributed by atoms with Crippen LogP contribution in [0.5, 0.6) is 0 Å². The lowest BCUT2D eigenvalue weighted by Gasteiger charge is -2.06. The third kappa shape index (κ3) is 2.89. The van der Waals surface area contributed by atoms with Crippen molar-refractivity contribution in [3.8, 4) is 5.69 Å². The highest BCUT2D eigenvalue weighted by Crippen LogP contribution is 2.12. The lowest BCUT2D eigenvalue weighted by Crippen LogP contribution is -2.11. The van der Waals surface area contributed by atoms with E-state index in [1.165, 1.54) is 6.20 Å². The summed E-state index contributed by atoms with van der Waals surface area (Å²) in [7, 11) is 0. The lowest BCUT2D eigenvalue weighted by molar-refractivity contribution is 0.0985. The first-order valence-electron chi connectivity index (χ1n) is 6.79. The van der Waals surface area contributed by atoms with Gasteiger partial charge >= 0.3 is 0 Å². The van der Waals surface area contributed by atoms with Crippen molar-refractivity contribution in [2.45, 2.75) is 13.3 Å². The fourth-order valence-electron chi connectivity index (χ4n) is 2.28. The van der Waals surface area contributed by atoms with Crippen molar-refractivity contribution in [1.29, 1.82) is 0 Å². The molecule has 0 aliphatic rings. The van der Waals surface area contributed by atoms with Crippen LogP contribution in [0.1, 0.15) is 21.6 Å². The van der Waals surface area contributed by atoms with E-state index >= 15 is 0 Å². The molecule has 0 aliphatic carbocycles. The van der Waals surface area contributed by atoms with Crippen molar-refractivity contribution in [3.05, 3.63) is 77.6 Å². The van der Waals surface area contributed by atoms with Crippen molar-refractivity contribution in [2.24, 2.45) is 0 Å². The predicted octanol–water partition coefficient (Wildman–Crippen LogP) is 3.00. The number of ketones is 1. The van der Waals surface area contributed by atoms with Gasteiger partial charge in [-0.1, -0.05) is 53.2 Å². The van der Waals surface area contributed by atoms with Gasteiger partial charge in [0.2, 0.25) is 0 Å². The summed E-state index contributed by atoms with van der Waals surface area (Å²) in [4.78, 5) is 12.5. The van der Waals surface area contributed by atoms with Crippen LogP contribution < -0.4 is 0 Å². The van der Waals surface area contributed by atoms with E-state index in [9.17, 15) is 4.79 Å². The molecule has 1 heterocycles. The van der Waals surface area contributed by atoms with Crippen LogP contribution in [0.25, 0.3) is 5.69 Å². The summed E-state index contributed by atoms with van der Waals surface area (Å²) in [6.07, 6.45) is 1.87. The number of carbonyl (C=O) groups excluding carboxylic acids is 1. The molecule has 0 saturated heterocycles. The van der Waals surface area contributed by atoms with Gasteiger partial charge in [-0.15, -0.1) is 5.10 Å². The Morgan fingerprint density at radius 1 is 1.10 bits per heavy atom. The van der Waals surface area contributed by atoms with Gasteiger partial charge in [0.05, 0.1) is 11.9 Å². The quantitative estimate of drug-likeness (QED) is 0.689. The van der Waals surface area contributed by atoms with Gasteiger partial charge in [-0.25, -0.2) is 4.68 Å². The standard InChI is InChI=1S/C17H15N3O/c1-13-6-5-7-14(10-13)11-17(21)16-12-18-19-20(16)15-8-3-2-4-9-15/h2-10,12H,11H2,1H3. The number of hydrogen-bond donors (Lipinski definition) is 0. The molecule has 0 spiro atoms. The van der Waals surface area contributed by atoms with E-state index in [0.29, 0.717) is 12.1 Å². The van der Waals surface area contributed by atoms with E-state index in [2.05, 4.69) is 10.3 Å². The van der Waals surface area contributed by atoms with Gasteiger partial charge in [0.15, 0.2) is 5.78 Å². The van der Waals surface area contributed by atoms with Crippen LogP contribution in [0.2, 0.25) is 0 Å². The van der Waals surface area contributed by atoms with Crippen molar-refractivity contribution in [1.82, 2.24) is 15.0 Å². The molecule has 0 fully saturated rings. The number of benzene rings is 2. The minimum atomic E-state index is 0.00875. The molecule has 0 unspecified atom stereocenters. The first kappa shape index (κ1) is 13.2. The molecule has 0 amide bonds. The summed E-state index contributed by atoms with van der Waals surface area (Å²) in [5.41, 5.74) is 3.49. The Morgan fingerprint density at radius 2 is 1.90 bits per heavy atom.